The fraction of sp³-hybridized carbons (Fsp3) is 0.800. The zero-order chi connectivity index (χ0) is 8.36. The second-order valence-corrected chi connectivity index (χ2v) is 3.56. The molecule has 0 heterocycles. The number of hydrogen-bond acceptors (Lipinski definition) is 0. The van der Waals surface area contributed by atoms with Crippen molar-refractivity contribution < 1.29 is 0 Å². The third-order valence-corrected chi connectivity index (χ3v) is 2.27. The van der Waals surface area contributed by atoms with E-state index in [1.165, 1.54) is 38.5 Å². The van der Waals surface area contributed by atoms with Crippen LogP contribution in [0.1, 0.15) is 44.9 Å². The lowest BCUT2D eigenvalue weighted by molar-refractivity contribution is 0.616. The van der Waals surface area contributed by atoms with Crippen LogP contribution in [0.2, 0.25) is 0 Å². The summed E-state index contributed by atoms with van der Waals surface area (Å²) in [5, 5.41) is 1.15. The monoisotopic (exact) mass is 216 g/mol. The standard InChI is InChI=1S/C10H17Br/c1-2-3-4-5-6-7-8-9-10-11/h1H,3-10H2. The highest BCUT2D eigenvalue weighted by molar-refractivity contribution is 9.09. The first-order valence-electron chi connectivity index (χ1n) is 4.41. The van der Waals surface area contributed by atoms with Crippen LogP contribution < -0.4 is 0 Å². The molecular weight excluding hydrogens is 200 g/mol. The Bertz CT molecular complexity index is 102. The average Bonchev–Trinajstić information content (AvgIpc) is 2.03. The van der Waals surface area contributed by atoms with Gasteiger partial charge < -0.3 is 0 Å². The molecule has 0 nitrogen and oxygen atoms in total. The minimum atomic E-state index is 0.957. The summed E-state index contributed by atoms with van der Waals surface area (Å²) in [4.78, 5) is 0. The molecule has 0 spiro atoms. The quantitative estimate of drug-likeness (QED) is 0.346. The largest absolute Gasteiger partial charge is 0.120 e. The summed E-state index contributed by atoms with van der Waals surface area (Å²) < 4.78 is 0. The van der Waals surface area contributed by atoms with Crippen LogP contribution in [0.5, 0.6) is 0 Å². The van der Waals surface area contributed by atoms with Gasteiger partial charge in [-0.25, -0.2) is 0 Å². The maximum atomic E-state index is 5.13. The average molecular weight is 217 g/mol. The molecule has 64 valence electrons. The van der Waals surface area contributed by atoms with E-state index in [9.17, 15) is 0 Å². The van der Waals surface area contributed by atoms with Crippen LogP contribution in [0.15, 0.2) is 0 Å². The van der Waals surface area contributed by atoms with Crippen LogP contribution in [0.3, 0.4) is 0 Å². The van der Waals surface area contributed by atoms with Gasteiger partial charge in [-0.3, -0.25) is 0 Å². The van der Waals surface area contributed by atoms with Crippen LogP contribution in [0.25, 0.3) is 0 Å². The second kappa shape index (κ2) is 10.0. The lowest BCUT2D eigenvalue weighted by atomic mass is 10.1. The van der Waals surface area contributed by atoms with E-state index in [1.807, 2.05) is 0 Å². The van der Waals surface area contributed by atoms with Crippen molar-refractivity contribution in [3.8, 4) is 12.3 Å². The van der Waals surface area contributed by atoms with Crippen LogP contribution in [-0.2, 0) is 0 Å². The number of terminal acetylenes is 1. The molecule has 0 fully saturated rings. The van der Waals surface area contributed by atoms with Gasteiger partial charge in [0.2, 0.25) is 0 Å². The van der Waals surface area contributed by atoms with Crippen molar-refractivity contribution in [1.29, 1.82) is 0 Å². The predicted molar refractivity (Wildman–Crippen MR) is 54.9 cm³/mol. The topological polar surface area (TPSA) is 0 Å². The predicted octanol–water partition coefficient (Wildman–Crippen LogP) is 3.75. The van der Waals surface area contributed by atoms with Gasteiger partial charge in [-0.2, -0.15) is 0 Å². The lowest BCUT2D eigenvalue weighted by Gasteiger charge is -1.97. The van der Waals surface area contributed by atoms with Crippen LogP contribution in [-0.4, -0.2) is 5.33 Å². The number of alkyl halides is 1. The summed E-state index contributed by atoms with van der Waals surface area (Å²) >= 11 is 3.42. The molecule has 0 saturated heterocycles. The van der Waals surface area contributed by atoms with Gasteiger partial charge in [0.25, 0.3) is 0 Å². The maximum Gasteiger partial charge on any atom is 0.00860 e. The van der Waals surface area contributed by atoms with E-state index in [1.54, 1.807) is 0 Å². The smallest absolute Gasteiger partial charge is 0.00860 e. The molecule has 0 bridgehead atoms. The van der Waals surface area contributed by atoms with Crippen LogP contribution in [0, 0.1) is 12.3 Å². The first-order valence-corrected chi connectivity index (χ1v) is 5.53. The van der Waals surface area contributed by atoms with E-state index in [0.29, 0.717) is 0 Å². The van der Waals surface area contributed by atoms with Crippen LogP contribution >= 0.6 is 15.9 Å². The summed E-state index contributed by atoms with van der Waals surface area (Å²) in [6, 6.07) is 0. The van der Waals surface area contributed by atoms with Gasteiger partial charge in [-0.15, -0.1) is 12.3 Å². The van der Waals surface area contributed by atoms with Gasteiger partial charge >= 0.3 is 0 Å². The number of halogens is 1. The Morgan fingerprint density at radius 2 is 1.45 bits per heavy atom. The molecule has 0 N–H and O–H groups in total. The van der Waals surface area contributed by atoms with Gasteiger partial charge in [0.05, 0.1) is 0 Å². The van der Waals surface area contributed by atoms with Gasteiger partial charge in [0.15, 0.2) is 0 Å². The van der Waals surface area contributed by atoms with Gasteiger partial charge in [-0.1, -0.05) is 41.6 Å². The molecule has 0 radical (unpaired) electrons. The molecule has 0 amide bonds. The summed E-state index contributed by atoms with van der Waals surface area (Å²) in [6.45, 7) is 0. The van der Waals surface area contributed by atoms with E-state index in [0.717, 1.165) is 11.8 Å². The number of rotatable bonds is 7. The van der Waals surface area contributed by atoms with Gasteiger partial charge in [-0.05, 0) is 12.8 Å². The summed E-state index contributed by atoms with van der Waals surface area (Å²) in [5.74, 6) is 2.66. The van der Waals surface area contributed by atoms with Gasteiger partial charge in [0, 0.05) is 11.8 Å². The third-order valence-electron chi connectivity index (χ3n) is 1.70. The molecule has 0 aliphatic heterocycles. The molecule has 0 saturated carbocycles. The molecule has 0 aromatic rings. The van der Waals surface area contributed by atoms with Crippen molar-refractivity contribution in [3.05, 3.63) is 0 Å². The number of unbranched alkanes of at least 4 members (excludes halogenated alkanes) is 6. The zero-order valence-corrected chi connectivity index (χ0v) is 8.70. The summed E-state index contributed by atoms with van der Waals surface area (Å²) in [7, 11) is 0. The first-order chi connectivity index (χ1) is 5.41. The Morgan fingerprint density at radius 1 is 0.909 bits per heavy atom. The van der Waals surface area contributed by atoms with E-state index in [2.05, 4.69) is 21.9 Å². The Balaban J connectivity index is 2.75. The van der Waals surface area contributed by atoms with Crippen molar-refractivity contribution >= 4 is 15.9 Å². The molecule has 0 aromatic heterocycles. The van der Waals surface area contributed by atoms with Crippen molar-refractivity contribution in [3.63, 3.8) is 0 Å². The van der Waals surface area contributed by atoms with E-state index < -0.39 is 0 Å². The lowest BCUT2D eigenvalue weighted by Crippen LogP contribution is -1.79. The highest BCUT2D eigenvalue weighted by Gasteiger charge is 1.88. The minimum absolute atomic E-state index is 0.957. The molecule has 11 heavy (non-hydrogen) atoms. The Labute approximate surface area is 78.9 Å². The van der Waals surface area contributed by atoms with Crippen LogP contribution in [0.4, 0.5) is 0 Å². The molecule has 0 aliphatic carbocycles. The zero-order valence-electron chi connectivity index (χ0n) is 7.11. The fourth-order valence-corrected chi connectivity index (χ4v) is 1.43. The third kappa shape index (κ3) is 10.0. The maximum absolute atomic E-state index is 5.13. The molecular formula is C10H17Br. The number of hydrogen-bond donors (Lipinski definition) is 0. The van der Waals surface area contributed by atoms with Crippen molar-refractivity contribution in [1.82, 2.24) is 0 Å². The van der Waals surface area contributed by atoms with E-state index in [4.69, 9.17) is 6.42 Å². The highest BCUT2D eigenvalue weighted by Crippen LogP contribution is 2.07. The normalized spacial score (nSPS) is 9.45. The Hall–Kier alpha value is 0.0400. The Kier molecular flexibility index (Phi) is 10.1. The van der Waals surface area contributed by atoms with Crippen molar-refractivity contribution in [2.45, 2.75) is 44.9 Å². The van der Waals surface area contributed by atoms with Gasteiger partial charge in [0.1, 0.15) is 0 Å². The molecule has 1 heteroatoms. The molecule has 0 aromatic carbocycles. The SMILES string of the molecule is C#CCCCCCCCCBr. The van der Waals surface area contributed by atoms with Crippen molar-refractivity contribution in [2.24, 2.45) is 0 Å². The minimum Gasteiger partial charge on any atom is -0.120 e. The first kappa shape index (κ1) is 11.0. The second-order valence-electron chi connectivity index (χ2n) is 2.76. The summed E-state index contributed by atoms with van der Waals surface area (Å²) in [5.41, 5.74) is 0. The van der Waals surface area contributed by atoms with E-state index >= 15 is 0 Å². The Morgan fingerprint density at radius 3 is 2.00 bits per heavy atom. The fourth-order valence-electron chi connectivity index (χ4n) is 1.03. The van der Waals surface area contributed by atoms with E-state index in [-0.39, 0.29) is 0 Å². The molecule has 0 rings (SSSR count). The molecule has 0 atom stereocenters. The molecule has 0 aliphatic rings. The van der Waals surface area contributed by atoms with Crippen molar-refractivity contribution in [2.75, 3.05) is 5.33 Å². The summed E-state index contributed by atoms with van der Waals surface area (Å²) in [6.07, 6.45) is 14.0. The highest BCUT2D eigenvalue weighted by atomic mass is 79.9. The molecule has 0 unspecified atom stereocenters.